The zero-order valence-electron chi connectivity index (χ0n) is 20.0. The number of hydrogen-bond donors (Lipinski definition) is 2. The summed E-state index contributed by atoms with van der Waals surface area (Å²) in [6, 6.07) is 16.2. The number of ether oxygens (including phenoxy) is 3. The van der Waals surface area contributed by atoms with Crippen LogP contribution >= 0.6 is 12.4 Å². The van der Waals surface area contributed by atoms with E-state index in [1.54, 1.807) is 21.3 Å². The molecule has 4 rings (SSSR count). The third kappa shape index (κ3) is 5.40. The average molecular weight is 485 g/mol. The molecule has 1 aliphatic heterocycles. The number of halogens is 1. The van der Waals surface area contributed by atoms with Crippen molar-refractivity contribution in [2.75, 3.05) is 34.4 Å². The van der Waals surface area contributed by atoms with Gasteiger partial charge in [-0.1, -0.05) is 30.7 Å². The summed E-state index contributed by atoms with van der Waals surface area (Å²) in [5.41, 5.74) is 2.56. The number of nitrogens with one attached hydrogen (secondary N) is 2. The van der Waals surface area contributed by atoms with Crippen LogP contribution in [0.15, 0.2) is 48.5 Å². The summed E-state index contributed by atoms with van der Waals surface area (Å²) in [6.07, 6.45) is 4.66. The van der Waals surface area contributed by atoms with E-state index in [1.165, 1.54) is 19.3 Å². The summed E-state index contributed by atoms with van der Waals surface area (Å²) in [6.45, 7) is 1.76. The standard InChI is InChI=1S/C27H32N2O4.ClH/c1-31-24-13-12-23(25(32-2)26(24)33-3)22-9-6-7-18-17-19(10-11-21(18)22)27(30)29-16-14-20-8-4-5-15-28-20;/h6-7,9-13,17,20,28H,4-5,8,14-16H2,1-3H3,(H,29,30);1H. The van der Waals surface area contributed by atoms with Gasteiger partial charge in [-0.2, -0.15) is 0 Å². The number of piperidine rings is 1. The van der Waals surface area contributed by atoms with Crippen LogP contribution in [0, 0.1) is 0 Å². The molecule has 1 atom stereocenters. The average Bonchev–Trinajstić information content (AvgIpc) is 2.87. The lowest BCUT2D eigenvalue weighted by Gasteiger charge is -2.23. The molecule has 0 bridgehead atoms. The summed E-state index contributed by atoms with van der Waals surface area (Å²) in [7, 11) is 4.83. The number of hydrogen-bond acceptors (Lipinski definition) is 5. The molecule has 6 nitrogen and oxygen atoms in total. The van der Waals surface area contributed by atoms with Crippen molar-refractivity contribution in [1.29, 1.82) is 0 Å². The fourth-order valence-electron chi connectivity index (χ4n) is 4.61. The third-order valence-electron chi connectivity index (χ3n) is 6.33. The lowest BCUT2D eigenvalue weighted by molar-refractivity contribution is 0.0951. The Morgan fingerprint density at radius 2 is 1.79 bits per heavy atom. The summed E-state index contributed by atoms with van der Waals surface area (Å²) in [4.78, 5) is 12.8. The quantitative estimate of drug-likeness (QED) is 0.459. The van der Waals surface area contributed by atoms with E-state index in [2.05, 4.69) is 10.6 Å². The number of methoxy groups -OCH3 is 3. The van der Waals surface area contributed by atoms with Gasteiger partial charge in [-0.25, -0.2) is 0 Å². The first kappa shape index (κ1) is 25.7. The van der Waals surface area contributed by atoms with E-state index in [4.69, 9.17) is 14.2 Å². The maximum atomic E-state index is 12.8. The molecule has 1 fully saturated rings. The van der Waals surface area contributed by atoms with E-state index >= 15 is 0 Å². The molecule has 0 spiro atoms. The zero-order chi connectivity index (χ0) is 23.2. The van der Waals surface area contributed by atoms with Crippen molar-refractivity contribution in [2.45, 2.75) is 31.7 Å². The van der Waals surface area contributed by atoms with Crippen molar-refractivity contribution in [2.24, 2.45) is 0 Å². The van der Waals surface area contributed by atoms with Crippen LogP contribution in [0.25, 0.3) is 21.9 Å². The van der Waals surface area contributed by atoms with Gasteiger partial charge in [-0.05, 0) is 66.4 Å². The smallest absolute Gasteiger partial charge is 0.251 e. The molecule has 3 aromatic rings. The first-order valence-corrected chi connectivity index (χ1v) is 11.5. The Balaban J connectivity index is 0.00000324. The molecule has 2 N–H and O–H groups in total. The first-order chi connectivity index (χ1) is 16.2. The molecule has 0 radical (unpaired) electrons. The fraction of sp³-hybridized carbons (Fsp3) is 0.370. The maximum absolute atomic E-state index is 12.8. The van der Waals surface area contributed by atoms with E-state index in [-0.39, 0.29) is 18.3 Å². The largest absolute Gasteiger partial charge is 0.493 e. The molecule has 182 valence electrons. The first-order valence-electron chi connectivity index (χ1n) is 11.5. The van der Waals surface area contributed by atoms with Crippen LogP contribution in [-0.2, 0) is 0 Å². The molecule has 1 unspecified atom stereocenters. The van der Waals surface area contributed by atoms with Crippen LogP contribution in [0.4, 0.5) is 0 Å². The Kier molecular flexibility index (Phi) is 9.02. The van der Waals surface area contributed by atoms with Crippen LogP contribution in [0.1, 0.15) is 36.0 Å². The highest BCUT2D eigenvalue weighted by Gasteiger charge is 2.19. The molecule has 0 saturated carbocycles. The van der Waals surface area contributed by atoms with Crippen molar-refractivity contribution < 1.29 is 19.0 Å². The van der Waals surface area contributed by atoms with Crippen molar-refractivity contribution >= 4 is 29.1 Å². The number of rotatable bonds is 8. The highest BCUT2D eigenvalue weighted by molar-refractivity contribution is 6.03. The molecule has 34 heavy (non-hydrogen) atoms. The molecule has 1 amide bonds. The van der Waals surface area contributed by atoms with E-state index < -0.39 is 0 Å². The number of benzene rings is 3. The van der Waals surface area contributed by atoms with Gasteiger partial charge in [0.1, 0.15) is 0 Å². The highest BCUT2D eigenvalue weighted by atomic mass is 35.5. The molecule has 3 aromatic carbocycles. The Bertz CT molecular complexity index is 1130. The lowest BCUT2D eigenvalue weighted by Crippen LogP contribution is -2.37. The molecule has 1 aliphatic rings. The van der Waals surface area contributed by atoms with E-state index in [0.717, 1.165) is 34.9 Å². The Hall–Kier alpha value is -2.96. The van der Waals surface area contributed by atoms with Gasteiger partial charge in [0.25, 0.3) is 5.91 Å². The molecule has 7 heteroatoms. The molecule has 1 saturated heterocycles. The third-order valence-corrected chi connectivity index (χ3v) is 6.33. The summed E-state index contributed by atoms with van der Waals surface area (Å²) < 4.78 is 16.7. The van der Waals surface area contributed by atoms with Crippen molar-refractivity contribution in [3.8, 4) is 28.4 Å². The van der Waals surface area contributed by atoms with Gasteiger partial charge in [0.15, 0.2) is 11.5 Å². The monoisotopic (exact) mass is 484 g/mol. The van der Waals surface area contributed by atoms with Crippen LogP contribution in [-0.4, -0.2) is 46.4 Å². The maximum Gasteiger partial charge on any atom is 0.251 e. The second-order valence-electron chi connectivity index (χ2n) is 8.31. The van der Waals surface area contributed by atoms with Crippen LogP contribution in [0.5, 0.6) is 17.2 Å². The summed E-state index contributed by atoms with van der Waals surface area (Å²) in [5.74, 6) is 1.74. The highest BCUT2D eigenvalue weighted by Crippen LogP contribution is 2.45. The minimum atomic E-state index is -0.0400. The normalized spacial score (nSPS) is 15.3. The topological polar surface area (TPSA) is 68.8 Å². The van der Waals surface area contributed by atoms with Crippen LogP contribution in [0.3, 0.4) is 0 Å². The van der Waals surface area contributed by atoms with Gasteiger partial charge in [0.05, 0.1) is 21.3 Å². The lowest BCUT2D eigenvalue weighted by atomic mass is 9.95. The number of amides is 1. The number of carbonyl (C=O) groups is 1. The predicted molar refractivity (Wildman–Crippen MR) is 139 cm³/mol. The van der Waals surface area contributed by atoms with Crippen LogP contribution < -0.4 is 24.8 Å². The Morgan fingerprint density at radius 1 is 0.971 bits per heavy atom. The fourth-order valence-corrected chi connectivity index (χ4v) is 4.61. The van der Waals surface area contributed by atoms with E-state index in [9.17, 15) is 4.79 Å². The molecular weight excluding hydrogens is 452 g/mol. The van der Waals surface area contributed by atoms with Gasteiger partial charge in [-0.3, -0.25) is 4.79 Å². The summed E-state index contributed by atoms with van der Waals surface area (Å²) in [5, 5.41) is 8.62. The Morgan fingerprint density at radius 3 is 2.50 bits per heavy atom. The molecular formula is C27H33ClN2O4. The van der Waals surface area contributed by atoms with Crippen molar-refractivity contribution in [3.63, 3.8) is 0 Å². The molecule has 1 heterocycles. The molecule has 0 aliphatic carbocycles. The SMILES string of the molecule is COc1ccc(-c2cccc3cc(C(=O)NCCC4CCCCN4)ccc23)c(OC)c1OC.Cl. The molecule has 0 aromatic heterocycles. The Labute approximate surface area is 207 Å². The zero-order valence-corrected chi connectivity index (χ0v) is 20.8. The minimum absolute atomic E-state index is 0. The van der Waals surface area contributed by atoms with Crippen LogP contribution in [0.2, 0.25) is 0 Å². The second-order valence-corrected chi connectivity index (χ2v) is 8.31. The van der Waals surface area contributed by atoms with Gasteiger partial charge in [0, 0.05) is 23.7 Å². The van der Waals surface area contributed by atoms with Gasteiger partial charge in [-0.15, -0.1) is 12.4 Å². The van der Waals surface area contributed by atoms with E-state index in [1.807, 2.05) is 48.5 Å². The van der Waals surface area contributed by atoms with Crippen molar-refractivity contribution in [1.82, 2.24) is 10.6 Å². The van der Waals surface area contributed by atoms with E-state index in [0.29, 0.717) is 35.4 Å². The predicted octanol–water partition coefficient (Wildman–Crippen LogP) is 5.22. The second kappa shape index (κ2) is 12.0. The van der Waals surface area contributed by atoms with Gasteiger partial charge in [0.2, 0.25) is 5.75 Å². The van der Waals surface area contributed by atoms with Gasteiger partial charge < -0.3 is 24.8 Å². The number of fused-ring (bicyclic) bond motifs is 1. The summed E-state index contributed by atoms with van der Waals surface area (Å²) >= 11 is 0. The number of carbonyl (C=O) groups excluding carboxylic acids is 1. The minimum Gasteiger partial charge on any atom is -0.493 e. The van der Waals surface area contributed by atoms with Gasteiger partial charge >= 0.3 is 0 Å². The van der Waals surface area contributed by atoms with Crippen molar-refractivity contribution in [3.05, 3.63) is 54.1 Å².